The average molecular weight is 239 g/mol. The van der Waals surface area contributed by atoms with Crippen molar-refractivity contribution >= 4 is 17.9 Å². The van der Waals surface area contributed by atoms with Gasteiger partial charge in [0.25, 0.3) is 0 Å². The Hall–Kier alpha value is -1.69. The van der Waals surface area contributed by atoms with Crippen molar-refractivity contribution in [1.82, 2.24) is 14.5 Å². The van der Waals surface area contributed by atoms with E-state index in [2.05, 4.69) is 9.97 Å². The van der Waals surface area contributed by atoms with Gasteiger partial charge in [0.2, 0.25) is 11.8 Å². The topological polar surface area (TPSA) is 66.3 Å². The highest BCUT2D eigenvalue weighted by molar-refractivity contribution is 5.79. The largest absolute Gasteiger partial charge is 0.519 e. The molecule has 0 saturated carbocycles. The van der Waals surface area contributed by atoms with Crippen LogP contribution in [-0.4, -0.2) is 49.4 Å². The van der Waals surface area contributed by atoms with Gasteiger partial charge in [-0.05, 0) is 13.8 Å². The van der Waals surface area contributed by atoms with Crippen molar-refractivity contribution in [2.45, 2.75) is 13.8 Å². The summed E-state index contributed by atoms with van der Waals surface area (Å²) in [6.07, 6.45) is -0.948. The highest BCUT2D eigenvalue weighted by Gasteiger charge is 2.34. The minimum atomic E-state index is -0.948. The van der Waals surface area contributed by atoms with Gasteiger partial charge < -0.3 is 10.0 Å². The molecule has 0 bridgehead atoms. The van der Waals surface area contributed by atoms with Crippen LogP contribution in [0.1, 0.15) is 11.3 Å². The summed E-state index contributed by atoms with van der Waals surface area (Å²) < 4.78 is -0.309. The molecular weight excluding hydrogens is 220 g/mol. The third-order valence-corrected chi connectivity index (χ3v) is 2.76. The van der Waals surface area contributed by atoms with Crippen LogP contribution < -0.4 is 9.38 Å². The van der Waals surface area contributed by atoms with Crippen LogP contribution in [0.4, 0.5) is 16.6 Å². The van der Waals surface area contributed by atoms with Crippen molar-refractivity contribution in [3.8, 4) is 0 Å². The molecule has 0 aliphatic carbocycles. The molecule has 1 aromatic rings. The number of hydrogen-bond donors (Lipinski definition) is 1. The molecule has 1 rings (SSSR count). The summed E-state index contributed by atoms with van der Waals surface area (Å²) in [6.45, 7) is 3.70. The molecule has 0 atom stereocenters. The predicted molar refractivity (Wildman–Crippen MR) is 67.5 cm³/mol. The van der Waals surface area contributed by atoms with E-state index in [1.54, 1.807) is 19.0 Å². The Bertz CT molecular complexity index is 455. The number of hydrogen-bond acceptors (Lipinski definition) is 4. The van der Waals surface area contributed by atoms with Crippen LogP contribution in [0.5, 0.6) is 0 Å². The number of nitrogens with zero attached hydrogens (tertiary/aromatic N) is 4. The number of carbonyl (C=O) groups is 1. The maximum atomic E-state index is 11.3. The Morgan fingerprint density at radius 3 is 2.18 bits per heavy atom. The molecule has 0 aromatic carbocycles. The smallest absolute Gasteiger partial charge is 0.435 e. The first kappa shape index (κ1) is 13.4. The van der Waals surface area contributed by atoms with E-state index in [1.807, 2.05) is 27.9 Å². The van der Waals surface area contributed by atoms with Gasteiger partial charge in [-0.25, -0.2) is 4.98 Å². The number of carboxylic acid groups (broad SMARTS) is 1. The summed E-state index contributed by atoms with van der Waals surface area (Å²) in [5.74, 6) is 1.03. The van der Waals surface area contributed by atoms with Crippen molar-refractivity contribution in [2.24, 2.45) is 0 Å². The molecule has 1 heterocycles. The summed E-state index contributed by atoms with van der Waals surface area (Å²) in [7, 11) is 6.84. The fraction of sp³-hybridized carbons (Fsp3) is 0.545. The molecule has 94 valence electrons. The van der Waals surface area contributed by atoms with E-state index in [0.29, 0.717) is 11.8 Å². The molecule has 0 radical (unpaired) electrons. The second-order valence-corrected chi connectivity index (χ2v) is 4.69. The lowest BCUT2D eigenvalue weighted by atomic mass is 10.2. The second-order valence-electron chi connectivity index (χ2n) is 4.69. The van der Waals surface area contributed by atoms with Crippen molar-refractivity contribution in [1.29, 1.82) is 0 Å². The van der Waals surface area contributed by atoms with Crippen LogP contribution in [0.3, 0.4) is 0 Å². The molecule has 1 aromatic heterocycles. The summed E-state index contributed by atoms with van der Waals surface area (Å²) in [5, 5.41) is 9.24. The summed E-state index contributed by atoms with van der Waals surface area (Å²) in [5.41, 5.74) is 1.61. The lowest BCUT2D eigenvalue weighted by Gasteiger charge is -2.24. The van der Waals surface area contributed by atoms with Crippen molar-refractivity contribution < 1.29 is 9.90 Å². The van der Waals surface area contributed by atoms with Gasteiger partial charge in [-0.15, -0.1) is 0 Å². The Morgan fingerprint density at radius 2 is 1.76 bits per heavy atom. The van der Waals surface area contributed by atoms with Gasteiger partial charge in [-0.1, -0.05) is 0 Å². The second kappa shape index (κ2) is 4.29. The van der Waals surface area contributed by atoms with Crippen molar-refractivity contribution in [2.75, 3.05) is 33.1 Å². The van der Waals surface area contributed by atoms with Gasteiger partial charge in [0.05, 0.1) is 25.4 Å². The Morgan fingerprint density at radius 1 is 1.24 bits per heavy atom. The lowest BCUT2D eigenvalue weighted by molar-refractivity contribution is 0.164. The molecule has 0 aliphatic heterocycles. The molecule has 1 N–H and O–H groups in total. The third kappa shape index (κ3) is 2.36. The van der Waals surface area contributed by atoms with Gasteiger partial charge in [-0.3, -0.25) is 0 Å². The first-order valence-electron chi connectivity index (χ1n) is 5.28. The van der Waals surface area contributed by atoms with Gasteiger partial charge >= 0.3 is 6.09 Å². The molecule has 17 heavy (non-hydrogen) atoms. The van der Waals surface area contributed by atoms with Crippen LogP contribution in [0, 0.1) is 13.8 Å². The van der Waals surface area contributed by atoms with Crippen LogP contribution >= 0.6 is 0 Å². The summed E-state index contributed by atoms with van der Waals surface area (Å²) >= 11 is 0. The number of aryl methyl sites for hydroxylation is 1. The summed E-state index contributed by atoms with van der Waals surface area (Å²) in [4.78, 5) is 21.7. The highest BCUT2D eigenvalue weighted by atomic mass is 16.4. The standard InChI is InChI=1S/C11H18N4O2/c1-7-8(2)12-10(14(3)4)13-9(7)15(5,6)11(16)17/h1-6H3/p+1. The zero-order chi connectivity index (χ0) is 13.4. The van der Waals surface area contributed by atoms with Crippen LogP contribution in [0.15, 0.2) is 0 Å². The van der Waals surface area contributed by atoms with E-state index in [9.17, 15) is 9.90 Å². The Balaban J connectivity index is 3.47. The fourth-order valence-corrected chi connectivity index (χ4v) is 1.43. The van der Waals surface area contributed by atoms with Crippen LogP contribution in [0.25, 0.3) is 0 Å². The Labute approximate surface area is 101 Å². The first-order valence-corrected chi connectivity index (χ1v) is 5.28. The average Bonchev–Trinajstić information content (AvgIpc) is 2.20. The normalized spacial score (nSPS) is 11.4. The minimum absolute atomic E-state index is 0.309. The van der Waals surface area contributed by atoms with E-state index in [0.717, 1.165) is 11.3 Å². The Kier molecular flexibility index (Phi) is 3.38. The molecular formula is C11H19N4O2+. The lowest BCUT2D eigenvalue weighted by Crippen LogP contribution is -2.47. The zero-order valence-electron chi connectivity index (χ0n) is 11.1. The molecule has 6 nitrogen and oxygen atoms in total. The number of quaternary nitrogens is 1. The molecule has 6 heteroatoms. The predicted octanol–water partition coefficient (Wildman–Crippen LogP) is 1.40. The summed E-state index contributed by atoms with van der Waals surface area (Å²) in [6, 6.07) is 0. The van der Waals surface area contributed by atoms with Crippen molar-refractivity contribution in [3.63, 3.8) is 0 Å². The number of rotatable bonds is 2. The van der Waals surface area contributed by atoms with Gasteiger partial charge in [0.1, 0.15) is 0 Å². The van der Waals surface area contributed by atoms with Crippen LogP contribution in [0.2, 0.25) is 0 Å². The quantitative estimate of drug-likeness (QED) is 0.790. The van der Waals surface area contributed by atoms with Crippen molar-refractivity contribution in [3.05, 3.63) is 11.3 Å². The fourth-order valence-electron chi connectivity index (χ4n) is 1.43. The van der Waals surface area contributed by atoms with E-state index in [4.69, 9.17) is 0 Å². The number of aromatic nitrogens is 2. The number of anilines is 1. The van der Waals surface area contributed by atoms with E-state index >= 15 is 0 Å². The molecule has 0 fully saturated rings. The first-order chi connectivity index (χ1) is 7.67. The van der Waals surface area contributed by atoms with Gasteiger partial charge in [0.15, 0.2) is 0 Å². The SMILES string of the molecule is Cc1nc(N(C)C)nc([N+](C)(C)C(=O)O)c1C. The van der Waals surface area contributed by atoms with Gasteiger partial charge in [-0.2, -0.15) is 14.3 Å². The van der Waals surface area contributed by atoms with E-state index < -0.39 is 6.09 Å². The molecule has 0 aliphatic rings. The maximum absolute atomic E-state index is 11.3. The third-order valence-electron chi connectivity index (χ3n) is 2.76. The molecule has 0 saturated heterocycles. The van der Waals surface area contributed by atoms with Gasteiger partial charge in [0, 0.05) is 14.1 Å². The van der Waals surface area contributed by atoms with Crippen LogP contribution in [-0.2, 0) is 0 Å². The number of amides is 1. The minimum Gasteiger partial charge on any atom is -0.435 e. The van der Waals surface area contributed by atoms with E-state index in [-0.39, 0.29) is 4.48 Å². The maximum Gasteiger partial charge on any atom is 0.519 e. The monoisotopic (exact) mass is 239 g/mol. The zero-order valence-corrected chi connectivity index (χ0v) is 11.1. The molecule has 0 unspecified atom stereocenters. The molecule has 0 spiro atoms. The molecule has 1 amide bonds. The van der Waals surface area contributed by atoms with E-state index in [1.165, 1.54) is 0 Å². The highest BCUT2D eigenvalue weighted by Crippen LogP contribution is 2.25.